The second-order valence-electron chi connectivity index (χ2n) is 6.33. The molecule has 0 fully saturated rings. The Bertz CT molecular complexity index is 879. The van der Waals surface area contributed by atoms with Gasteiger partial charge >= 0.3 is 0 Å². The molecule has 1 unspecified atom stereocenters. The molecule has 0 spiro atoms. The van der Waals surface area contributed by atoms with Gasteiger partial charge in [0.25, 0.3) is 0 Å². The van der Waals surface area contributed by atoms with Crippen LogP contribution < -0.4 is 5.32 Å². The maximum absolute atomic E-state index is 13.0. The van der Waals surface area contributed by atoms with E-state index in [4.69, 9.17) is 0 Å². The molecule has 0 saturated heterocycles. The number of anilines is 1. The third kappa shape index (κ3) is 3.60. The van der Waals surface area contributed by atoms with Crippen LogP contribution in [0.15, 0.2) is 53.4 Å². The van der Waals surface area contributed by atoms with Crippen LogP contribution in [-0.2, 0) is 21.2 Å². The number of carbonyl (C=O) groups is 1. The zero-order valence-electron chi connectivity index (χ0n) is 14.4. The molecule has 0 radical (unpaired) electrons. The summed E-state index contributed by atoms with van der Waals surface area (Å²) in [5, 5.41) is 2.81. The van der Waals surface area contributed by atoms with Gasteiger partial charge in [-0.05, 0) is 43.0 Å². The first-order valence-electron chi connectivity index (χ1n) is 8.35. The van der Waals surface area contributed by atoms with Gasteiger partial charge < -0.3 is 5.32 Å². The van der Waals surface area contributed by atoms with Gasteiger partial charge in [-0.25, -0.2) is 8.42 Å². The summed E-state index contributed by atoms with van der Waals surface area (Å²) in [7, 11) is -2.09. The predicted molar refractivity (Wildman–Crippen MR) is 97.8 cm³/mol. The number of carbonyl (C=O) groups excluding carboxylic acids is 1. The molecule has 1 heterocycles. The molecule has 0 bridgehead atoms. The van der Waals surface area contributed by atoms with Crippen molar-refractivity contribution in [1.82, 2.24) is 4.31 Å². The minimum absolute atomic E-state index is 0.0701. The molecule has 1 atom stereocenters. The molecule has 5 nitrogen and oxygen atoms in total. The number of hydrogen-bond acceptors (Lipinski definition) is 3. The van der Waals surface area contributed by atoms with Crippen molar-refractivity contribution in [3.63, 3.8) is 0 Å². The molecule has 25 heavy (non-hydrogen) atoms. The lowest BCUT2D eigenvalue weighted by Crippen LogP contribution is -2.30. The number of sulfonamides is 1. The van der Waals surface area contributed by atoms with E-state index in [1.807, 2.05) is 37.3 Å². The first-order valence-corrected chi connectivity index (χ1v) is 9.79. The highest BCUT2D eigenvalue weighted by Gasteiger charge is 2.27. The Morgan fingerprint density at radius 3 is 2.52 bits per heavy atom. The average molecular weight is 358 g/mol. The molecular formula is C19H22N2O3S. The number of benzene rings is 2. The van der Waals surface area contributed by atoms with Crippen molar-refractivity contribution in [3.05, 3.63) is 59.7 Å². The van der Waals surface area contributed by atoms with Gasteiger partial charge in [0.2, 0.25) is 15.9 Å². The largest absolute Gasteiger partial charge is 0.326 e. The molecule has 3 rings (SSSR count). The zero-order valence-corrected chi connectivity index (χ0v) is 15.2. The molecule has 1 amide bonds. The lowest BCUT2D eigenvalue weighted by atomic mass is 10.1. The fourth-order valence-electron chi connectivity index (χ4n) is 3.02. The van der Waals surface area contributed by atoms with Crippen LogP contribution in [-0.4, -0.2) is 25.7 Å². The molecule has 1 aliphatic heterocycles. The van der Waals surface area contributed by atoms with Crippen LogP contribution in [0, 0.1) is 0 Å². The highest BCUT2D eigenvalue weighted by atomic mass is 32.2. The van der Waals surface area contributed by atoms with Gasteiger partial charge in [-0.2, -0.15) is 4.31 Å². The van der Waals surface area contributed by atoms with Gasteiger partial charge in [0.15, 0.2) is 0 Å². The Balaban J connectivity index is 1.93. The smallest absolute Gasteiger partial charge is 0.243 e. The lowest BCUT2D eigenvalue weighted by Gasteiger charge is -2.25. The maximum atomic E-state index is 13.0. The molecule has 0 aromatic heterocycles. The summed E-state index contributed by atoms with van der Waals surface area (Å²) in [4.78, 5) is 12.0. The molecule has 2 aromatic carbocycles. The molecule has 1 aliphatic rings. The van der Waals surface area contributed by atoms with Crippen LogP contribution in [0.1, 0.15) is 36.9 Å². The second kappa shape index (κ2) is 6.98. The van der Waals surface area contributed by atoms with E-state index < -0.39 is 10.0 Å². The molecule has 6 heteroatoms. The van der Waals surface area contributed by atoms with Gasteiger partial charge in [-0.15, -0.1) is 0 Å². The van der Waals surface area contributed by atoms with Crippen molar-refractivity contribution in [2.24, 2.45) is 0 Å². The van der Waals surface area contributed by atoms with Gasteiger partial charge in [0.05, 0.1) is 4.90 Å². The summed E-state index contributed by atoms with van der Waals surface area (Å²) < 4.78 is 27.4. The SMILES string of the molecule is CC(c1ccccc1)N(C)S(=O)(=O)c1ccc2c(c1)NC(=O)CCC2. The van der Waals surface area contributed by atoms with Crippen molar-refractivity contribution in [3.8, 4) is 0 Å². The van der Waals surface area contributed by atoms with Crippen molar-refractivity contribution in [1.29, 1.82) is 0 Å². The quantitative estimate of drug-likeness (QED) is 0.911. The van der Waals surface area contributed by atoms with Crippen LogP contribution in [0.25, 0.3) is 0 Å². The number of rotatable bonds is 4. The van der Waals surface area contributed by atoms with E-state index in [0.717, 1.165) is 24.0 Å². The van der Waals surface area contributed by atoms with Gasteiger partial charge in [-0.1, -0.05) is 36.4 Å². The third-order valence-electron chi connectivity index (χ3n) is 4.71. The number of nitrogens with zero attached hydrogens (tertiary/aromatic N) is 1. The van der Waals surface area contributed by atoms with Crippen molar-refractivity contribution in [2.45, 2.75) is 37.1 Å². The summed E-state index contributed by atoms with van der Waals surface area (Å²) in [5.41, 5.74) is 2.50. The Morgan fingerprint density at radius 1 is 1.08 bits per heavy atom. The number of aryl methyl sites for hydroxylation is 1. The van der Waals surface area contributed by atoms with E-state index in [-0.39, 0.29) is 16.8 Å². The number of fused-ring (bicyclic) bond motifs is 1. The van der Waals surface area contributed by atoms with Gasteiger partial charge in [0.1, 0.15) is 0 Å². The minimum Gasteiger partial charge on any atom is -0.326 e. The van der Waals surface area contributed by atoms with Crippen molar-refractivity contribution >= 4 is 21.6 Å². The van der Waals surface area contributed by atoms with Gasteiger partial charge in [0, 0.05) is 25.2 Å². The molecule has 1 N–H and O–H groups in total. The number of amides is 1. The summed E-state index contributed by atoms with van der Waals surface area (Å²) in [6.45, 7) is 1.86. The van der Waals surface area contributed by atoms with Crippen LogP contribution in [0.3, 0.4) is 0 Å². The zero-order chi connectivity index (χ0) is 18.0. The topological polar surface area (TPSA) is 66.5 Å². The Morgan fingerprint density at radius 2 is 1.80 bits per heavy atom. The number of nitrogens with one attached hydrogen (secondary N) is 1. The Labute approximate surface area is 148 Å². The van der Waals surface area contributed by atoms with E-state index in [1.165, 1.54) is 4.31 Å². The summed E-state index contributed by atoms with van der Waals surface area (Å²) in [6.07, 6.45) is 2.00. The fourth-order valence-corrected chi connectivity index (χ4v) is 4.40. The highest BCUT2D eigenvalue weighted by molar-refractivity contribution is 7.89. The van der Waals surface area contributed by atoms with Crippen LogP contribution in [0.5, 0.6) is 0 Å². The Hall–Kier alpha value is -2.18. The summed E-state index contributed by atoms with van der Waals surface area (Å²) >= 11 is 0. The van der Waals surface area contributed by atoms with Crippen molar-refractivity contribution in [2.75, 3.05) is 12.4 Å². The minimum atomic E-state index is -3.67. The van der Waals surface area contributed by atoms with E-state index in [9.17, 15) is 13.2 Å². The molecule has 0 saturated carbocycles. The fraction of sp³-hybridized carbons (Fsp3) is 0.316. The lowest BCUT2D eigenvalue weighted by molar-refractivity contribution is -0.116. The third-order valence-corrected chi connectivity index (χ3v) is 6.63. The molecular weight excluding hydrogens is 336 g/mol. The van der Waals surface area contributed by atoms with Crippen LogP contribution in [0.4, 0.5) is 5.69 Å². The first-order chi connectivity index (χ1) is 11.9. The summed E-state index contributed by atoms with van der Waals surface area (Å²) in [5.74, 6) is -0.0701. The normalized spacial score (nSPS) is 16.0. The van der Waals surface area contributed by atoms with E-state index in [2.05, 4.69) is 5.32 Å². The van der Waals surface area contributed by atoms with Crippen molar-refractivity contribution < 1.29 is 13.2 Å². The Kier molecular flexibility index (Phi) is 4.92. The number of hydrogen-bond donors (Lipinski definition) is 1. The molecule has 2 aromatic rings. The first kappa shape index (κ1) is 17.6. The highest BCUT2D eigenvalue weighted by Crippen LogP contribution is 2.30. The maximum Gasteiger partial charge on any atom is 0.243 e. The van der Waals surface area contributed by atoms with Gasteiger partial charge in [-0.3, -0.25) is 4.79 Å². The summed E-state index contributed by atoms with van der Waals surface area (Å²) in [6, 6.07) is 14.2. The monoisotopic (exact) mass is 358 g/mol. The average Bonchev–Trinajstić information content (AvgIpc) is 2.80. The van der Waals surface area contributed by atoms with Crippen LogP contribution >= 0.6 is 0 Å². The van der Waals surface area contributed by atoms with E-state index in [0.29, 0.717) is 12.1 Å². The van der Waals surface area contributed by atoms with E-state index >= 15 is 0 Å². The molecule has 132 valence electrons. The molecule has 0 aliphatic carbocycles. The second-order valence-corrected chi connectivity index (χ2v) is 8.33. The van der Waals surface area contributed by atoms with Crippen LogP contribution in [0.2, 0.25) is 0 Å². The van der Waals surface area contributed by atoms with E-state index in [1.54, 1.807) is 25.2 Å². The predicted octanol–water partition coefficient (Wildman–Crippen LogP) is 3.34. The standard InChI is InChI=1S/C19H22N2O3S/c1-14(15-7-4-3-5-8-15)21(2)25(23,24)17-12-11-16-9-6-10-19(22)20-18(16)13-17/h3-5,7-8,11-14H,6,9-10H2,1-2H3,(H,20,22).